The van der Waals surface area contributed by atoms with Gasteiger partial charge in [0.15, 0.2) is 0 Å². The molecule has 0 spiro atoms. The van der Waals surface area contributed by atoms with Gasteiger partial charge in [0.2, 0.25) is 0 Å². The SMILES string of the molecule is [N-]=[N+]=NCc1cc(OS(=O)(=O)F)cc([B-](F)(F)F)c1. The highest BCUT2D eigenvalue weighted by atomic mass is 32.3. The molecule has 0 aromatic heterocycles. The van der Waals surface area contributed by atoms with Crippen LogP contribution < -0.4 is 9.65 Å². The summed E-state index contributed by atoms with van der Waals surface area (Å²) in [6, 6.07) is 1.83. The number of rotatable bonds is 5. The highest BCUT2D eigenvalue weighted by Gasteiger charge is 2.27. The zero-order valence-corrected chi connectivity index (χ0v) is 9.82. The average Bonchev–Trinajstić information content (AvgIpc) is 2.22. The van der Waals surface area contributed by atoms with Crippen LogP contribution in [0.2, 0.25) is 0 Å². The molecule has 6 nitrogen and oxygen atoms in total. The maximum Gasteiger partial charge on any atom is 0.509 e. The van der Waals surface area contributed by atoms with Gasteiger partial charge in [0.1, 0.15) is 5.75 Å². The van der Waals surface area contributed by atoms with Gasteiger partial charge in [-0.15, -0.1) is 5.46 Å². The van der Waals surface area contributed by atoms with Crippen molar-refractivity contribution in [2.45, 2.75) is 6.54 Å². The molecule has 0 amide bonds. The molecular weight excluding hydrogens is 293 g/mol. The summed E-state index contributed by atoms with van der Waals surface area (Å²) in [5, 5.41) is 3.02. The van der Waals surface area contributed by atoms with E-state index in [9.17, 15) is 25.3 Å². The van der Waals surface area contributed by atoms with Crippen LogP contribution in [0.1, 0.15) is 5.56 Å². The lowest BCUT2D eigenvalue weighted by molar-refractivity contribution is 0.439. The van der Waals surface area contributed by atoms with Gasteiger partial charge in [0.05, 0.1) is 6.54 Å². The molecule has 0 bridgehead atoms. The van der Waals surface area contributed by atoms with Crippen LogP contribution >= 0.6 is 0 Å². The van der Waals surface area contributed by atoms with E-state index in [4.69, 9.17) is 5.53 Å². The molecule has 12 heteroatoms. The van der Waals surface area contributed by atoms with Gasteiger partial charge >= 0.3 is 17.5 Å². The lowest BCUT2D eigenvalue weighted by atomic mass is 9.79. The molecule has 0 N–H and O–H groups in total. The monoisotopic (exact) mass is 298 g/mol. The van der Waals surface area contributed by atoms with Crippen molar-refractivity contribution < 1.29 is 29.4 Å². The van der Waals surface area contributed by atoms with Crippen LogP contribution in [0.3, 0.4) is 0 Å². The Bertz CT molecular complexity index is 627. The molecule has 19 heavy (non-hydrogen) atoms. The van der Waals surface area contributed by atoms with E-state index < -0.39 is 35.2 Å². The van der Waals surface area contributed by atoms with Gasteiger partial charge in [0, 0.05) is 4.91 Å². The fourth-order valence-corrected chi connectivity index (χ4v) is 1.57. The summed E-state index contributed by atoms with van der Waals surface area (Å²) in [5.74, 6) is -0.845. The van der Waals surface area contributed by atoms with Crippen molar-refractivity contribution in [1.29, 1.82) is 0 Å². The summed E-state index contributed by atoms with van der Waals surface area (Å²) in [5.41, 5.74) is 6.72. The van der Waals surface area contributed by atoms with Crippen molar-refractivity contribution in [1.82, 2.24) is 0 Å². The summed E-state index contributed by atoms with van der Waals surface area (Å²) >= 11 is 0. The fraction of sp³-hybridized carbons (Fsp3) is 0.143. The number of nitrogens with zero attached hydrogens (tertiary/aromatic N) is 3. The van der Waals surface area contributed by atoms with Gasteiger partial charge < -0.3 is 17.1 Å². The predicted molar refractivity (Wildman–Crippen MR) is 58.7 cm³/mol. The Morgan fingerprint density at radius 1 is 1.32 bits per heavy atom. The summed E-state index contributed by atoms with van der Waals surface area (Å²) in [6.45, 7) is -5.90. The predicted octanol–water partition coefficient (Wildman–Crippen LogP) is 2.14. The van der Waals surface area contributed by atoms with Crippen LogP contribution in [0, 0.1) is 0 Å². The van der Waals surface area contributed by atoms with E-state index in [0.717, 1.165) is 6.07 Å². The maximum atomic E-state index is 12.6. The minimum Gasteiger partial charge on any atom is -0.445 e. The van der Waals surface area contributed by atoms with Gasteiger partial charge in [-0.25, -0.2) is 0 Å². The highest BCUT2D eigenvalue weighted by molar-refractivity contribution is 7.81. The average molecular weight is 298 g/mol. The molecule has 0 saturated carbocycles. The van der Waals surface area contributed by atoms with E-state index in [1.807, 2.05) is 0 Å². The Morgan fingerprint density at radius 3 is 2.42 bits per heavy atom. The van der Waals surface area contributed by atoms with Crippen LogP contribution in [-0.2, 0) is 17.0 Å². The third kappa shape index (κ3) is 5.06. The molecular formula is C7H5BF4N3O3S-. The van der Waals surface area contributed by atoms with Crippen molar-refractivity contribution in [3.8, 4) is 5.75 Å². The molecule has 0 aliphatic carbocycles. The van der Waals surface area contributed by atoms with Crippen LogP contribution in [0.4, 0.5) is 16.8 Å². The highest BCUT2D eigenvalue weighted by Crippen LogP contribution is 2.20. The van der Waals surface area contributed by atoms with Crippen LogP contribution in [0.15, 0.2) is 23.3 Å². The van der Waals surface area contributed by atoms with Gasteiger partial charge in [-0.3, -0.25) is 0 Å². The first kappa shape index (κ1) is 15.1. The fourth-order valence-electron chi connectivity index (χ4n) is 1.24. The third-order valence-corrected chi connectivity index (χ3v) is 2.27. The second-order valence-corrected chi connectivity index (χ2v) is 4.30. The number of hydrogen-bond acceptors (Lipinski definition) is 4. The molecule has 0 unspecified atom stereocenters. The zero-order valence-electron chi connectivity index (χ0n) is 9.00. The van der Waals surface area contributed by atoms with E-state index >= 15 is 0 Å². The van der Waals surface area contributed by atoms with Gasteiger partial charge in [-0.05, 0) is 23.2 Å². The molecule has 0 aliphatic rings. The molecule has 0 atom stereocenters. The van der Waals surface area contributed by atoms with Crippen molar-refractivity contribution in [2.24, 2.45) is 5.11 Å². The summed E-state index contributed by atoms with van der Waals surface area (Å²) in [4.78, 5) is 2.34. The second-order valence-electron chi connectivity index (χ2n) is 3.35. The quantitative estimate of drug-likeness (QED) is 0.208. The van der Waals surface area contributed by atoms with Crippen molar-refractivity contribution in [3.05, 3.63) is 34.2 Å². The maximum absolute atomic E-state index is 12.6. The number of benzene rings is 1. The largest absolute Gasteiger partial charge is 0.509 e. The lowest BCUT2D eigenvalue weighted by Crippen LogP contribution is -2.34. The Kier molecular flexibility index (Phi) is 4.27. The molecule has 0 aliphatic heterocycles. The lowest BCUT2D eigenvalue weighted by Gasteiger charge is -2.16. The van der Waals surface area contributed by atoms with Crippen molar-refractivity contribution in [2.75, 3.05) is 0 Å². The first-order valence-corrected chi connectivity index (χ1v) is 5.91. The minimum absolute atomic E-state index is 0.159. The molecule has 1 aromatic rings. The van der Waals surface area contributed by atoms with Crippen molar-refractivity contribution in [3.63, 3.8) is 0 Å². The Morgan fingerprint density at radius 2 is 1.95 bits per heavy atom. The Balaban J connectivity index is 3.27. The smallest absolute Gasteiger partial charge is 0.445 e. The first-order valence-electron chi connectivity index (χ1n) is 4.60. The number of hydrogen-bond donors (Lipinski definition) is 0. The van der Waals surface area contributed by atoms with Gasteiger partial charge in [-0.2, -0.15) is 8.42 Å². The van der Waals surface area contributed by atoms with Crippen LogP contribution in [0.25, 0.3) is 10.4 Å². The van der Waals surface area contributed by atoms with Gasteiger partial charge in [0.25, 0.3) is 0 Å². The zero-order chi connectivity index (χ0) is 14.7. The molecule has 1 rings (SSSR count). The molecule has 0 saturated heterocycles. The molecule has 1 aromatic carbocycles. The number of azide groups is 1. The van der Waals surface area contributed by atoms with E-state index in [-0.39, 0.29) is 5.56 Å². The van der Waals surface area contributed by atoms with E-state index in [0.29, 0.717) is 12.1 Å². The summed E-state index contributed by atoms with van der Waals surface area (Å²) < 4.78 is 74.2. The Hall–Kier alpha value is -1.94. The molecule has 0 fully saturated rings. The van der Waals surface area contributed by atoms with E-state index in [2.05, 4.69) is 14.2 Å². The van der Waals surface area contributed by atoms with Gasteiger partial charge in [-0.1, -0.05) is 15.1 Å². The molecule has 0 heterocycles. The summed E-state index contributed by atoms with van der Waals surface area (Å²) in [6.07, 6.45) is 0. The topological polar surface area (TPSA) is 92.1 Å². The second kappa shape index (κ2) is 5.37. The Labute approximate surface area is 105 Å². The van der Waals surface area contributed by atoms with Crippen LogP contribution in [-0.4, -0.2) is 15.4 Å². The normalized spacial score (nSPS) is 11.8. The first-order chi connectivity index (χ1) is 8.62. The minimum atomic E-state index is -5.44. The van der Waals surface area contributed by atoms with E-state index in [1.165, 1.54) is 0 Å². The van der Waals surface area contributed by atoms with E-state index in [1.54, 1.807) is 0 Å². The standard InChI is InChI=1S/C7H5BF4N3O3S/c9-8(10,11)6-1-5(4-14-15-13)2-7(3-6)18-19(12,16)17/h1-3H,4H2/q-1. The van der Waals surface area contributed by atoms with Crippen LogP contribution in [0.5, 0.6) is 5.75 Å². The van der Waals surface area contributed by atoms with Crippen molar-refractivity contribution >= 4 is 22.9 Å². The third-order valence-electron chi connectivity index (χ3n) is 1.88. The molecule has 104 valence electrons. The molecule has 0 radical (unpaired) electrons. The summed E-state index contributed by atoms with van der Waals surface area (Å²) in [7, 11) is -5.44. The number of halogens is 4.